The zero-order chi connectivity index (χ0) is 90.4. The second kappa shape index (κ2) is 63.5. The first kappa shape index (κ1) is 111. The van der Waals surface area contributed by atoms with Gasteiger partial charge in [-0.05, 0) is 282 Å². The molecule has 0 aliphatic heterocycles. The average molecular weight is 1690 g/mol. The van der Waals surface area contributed by atoms with Crippen LogP contribution in [0.25, 0.3) is 0 Å². The third-order valence-corrected chi connectivity index (χ3v) is 19.7. The first-order valence-electron chi connectivity index (χ1n) is 44.1. The van der Waals surface area contributed by atoms with E-state index >= 15 is 0 Å². The minimum atomic E-state index is -0.481. The lowest BCUT2D eigenvalue weighted by Crippen LogP contribution is -2.20. The molecule has 2 N–H and O–H groups in total. The number of benzene rings is 6. The lowest BCUT2D eigenvalue weighted by atomic mass is 9.96. The molecule has 0 radical (unpaired) electrons. The van der Waals surface area contributed by atoms with Crippen molar-refractivity contribution in [3.63, 3.8) is 0 Å². The van der Waals surface area contributed by atoms with Crippen LogP contribution in [0.1, 0.15) is 315 Å². The van der Waals surface area contributed by atoms with E-state index in [1.807, 2.05) is 183 Å². The molecule has 0 amide bonds. The van der Waals surface area contributed by atoms with E-state index in [9.17, 15) is 10.2 Å². The molecule has 0 fully saturated rings. The van der Waals surface area contributed by atoms with Crippen molar-refractivity contribution in [2.45, 2.75) is 345 Å². The fourth-order valence-electron chi connectivity index (χ4n) is 11.8. The van der Waals surface area contributed by atoms with Gasteiger partial charge in [0.15, 0.2) is 97.4 Å². The molecule has 0 heterocycles. The van der Waals surface area contributed by atoms with E-state index < -0.39 is 25.2 Å². The Kier molecular flexibility index (Phi) is 58.4. The fraction of sp³-hybridized carbons (Fsp3) is 0.633. The van der Waals surface area contributed by atoms with Crippen molar-refractivity contribution in [1.82, 2.24) is 0 Å². The Morgan fingerprint density at radius 3 is 0.967 bits per heavy atom. The van der Waals surface area contributed by atoms with Gasteiger partial charge in [-0.15, -0.1) is 0 Å². The summed E-state index contributed by atoms with van der Waals surface area (Å²) in [5.74, 6) is 8.82. The second-order valence-corrected chi connectivity index (χ2v) is 29.0. The van der Waals surface area contributed by atoms with Gasteiger partial charge in [0.05, 0.1) is 0 Å². The van der Waals surface area contributed by atoms with Crippen LogP contribution in [-0.4, -0.2) is 140 Å². The number of rotatable bonds is 50. The highest BCUT2D eigenvalue weighted by atomic mass is 16.7. The molecule has 0 bridgehead atoms. The molecule has 22 nitrogen and oxygen atoms in total. The highest BCUT2D eigenvalue weighted by Crippen LogP contribution is 2.45. The molecule has 16 atom stereocenters. The Morgan fingerprint density at radius 1 is 0.242 bits per heavy atom. The quantitative estimate of drug-likeness (QED) is 0.0339. The SMILES string of the molecule is CCC(C)c1ccccc1OC(C)OC.CCOC(C)Oc1cc(C(C)CC)cc(O)c1OC(C)OCC.CCOC(C)Oc1cc(C(C)CC)cc(OC(C)OCC)c1O.CCOC(C)Oc1cccc(C(C)CC)c1.CCOC(C)Oc1cccc(C(C)CC)c1OC(C)OCC.CCOC(C)Oc1cccc(OC(C)OC)c1C(C)CC. The molecular weight excluding hydrogens is 1530 g/mol. The Morgan fingerprint density at radius 2 is 0.542 bits per heavy atom. The third kappa shape index (κ3) is 42.1. The number of ether oxygens (including phenoxy) is 20. The normalized spacial score (nSPS) is 15.0. The highest BCUT2D eigenvalue weighted by Gasteiger charge is 2.25. The zero-order valence-electron chi connectivity index (χ0n) is 79.6. The predicted molar refractivity (Wildman–Crippen MR) is 482 cm³/mol. The van der Waals surface area contributed by atoms with Crippen LogP contribution in [0.4, 0.5) is 0 Å². The van der Waals surface area contributed by atoms with Gasteiger partial charge < -0.3 is 105 Å². The van der Waals surface area contributed by atoms with E-state index in [1.54, 1.807) is 41.1 Å². The molecule has 22 heteroatoms. The third-order valence-electron chi connectivity index (χ3n) is 19.7. The van der Waals surface area contributed by atoms with E-state index in [4.69, 9.17) is 94.7 Å². The molecule has 6 rings (SSSR count). The predicted octanol–water partition coefficient (Wildman–Crippen LogP) is 25.4. The van der Waals surface area contributed by atoms with Crippen molar-refractivity contribution in [2.75, 3.05) is 67.1 Å². The van der Waals surface area contributed by atoms with Crippen molar-refractivity contribution in [2.24, 2.45) is 0 Å². The molecule has 0 saturated carbocycles. The Balaban J connectivity index is 0.000000725. The number of para-hydroxylation sites is 2. The van der Waals surface area contributed by atoms with Gasteiger partial charge in [-0.3, -0.25) is 0 Å². The van der Waals surface area contributed by atoms with E-state index in [0.717, 1.165) is 89.5 Å². The molecule has 684 valence electrons. The first-order chi connectivity index (χ1) is 57.3. The number of phenols is 2. The monoisotopic (exact) mass is 1690 g/mol. The van der Waals surface area contributed by atoms with Gasteiger partial charge in [-0.25, -0.2) is 0 Å². The fourth-order valence-corrected chi connectivity index (χ4v) is 11.8. The van der Waals surface area contributed by atoms with Crippen molar-refractivity contribution >= 4 is 0 Å². The van der Waals surface area contributed by atoms with Crippen molar-refractivity contribution in [3.8, 4) is 69.0 Å². The summed E-state index contributed by atoms with van der Waals surface area (Å²) >= 11 is 0. The Bertz CT molecular complexity index is 3560. The standard InChI is InChI=1S/2C18H30O5.C18H30O4.C17H28O4.C14H22O2.C13H20O2/c1-7-12(4)15-10-16(22-13(5)20-8-2)18(19)17(11-15)23-14(6)21-9-3;1-7-12(4)15-10-16(19)18(23-14(6)21-9-3)17(11-15)22-13(5)20-8-2;1-7-13(4)16-11-10-12-17(21-14(5)19-8-2)18(16)22-15(6)20-9-3;1-7-12(3)17-15(20-13(4)18-6)10-9-11-16(17)21-14(5)19-8-2;1-5-11(3)13-8-7-9-14(10-13)16-12(4)15-6-2;1-5-10(2)12-8-6-7-9-13(12)15-11(3)14-4/h2*10-14,19H,7-9H2,1-6H3;10-15H,7-9H2,1-6H3;9-14H,7-8H2,1-6H3;7-12H,5-6H2,1-4H3;6-11H,5H2,1-4H3. The van der Waals surface area contributed by atoms with Crippen LogP contribution < -0.4 is 47.4 Å². The van der Waals surface area contributed by atoms with Crippen LogP contribution >= 0.6 is 0 Å². The molecule has 0 saturated heterocycles. The van der Waals surface area contributed by atoms with Gasteiger partial charge in [0.1, 0.15) is 23.0 Å². The van der Waals surface area contributed by atoms with Crippen molar-refractivity contribution < 1.29 is 105 Å². The van der Waals surface area contributed by atoms with Crippen LogP contribution in [0.15, 0.2) is 109 Å². The van der Waals surface area contributed by atoms with Gasteiger partial charge in [0.2, 0.25) is 11.5 Å². The van der Waals surface area contributed by atoms with Gasteiger partial charge in [0.25, 0.3) is 0 Å². The largest absolute Gasteiger partial charge is 0.504 e. The summed E-state index contributed by atoms with van der Waals surface area (Å²) < 4.78 is 112. The van der Waals surface area contributed by atoms with Crippen molar-refractivity contribution in [3.05, 3.63) is 143 Å². The zero-order valence-corrected chi connectivity index (χ0v) is 79.6. The number of phenolic OH excluding ortho intramolecular Hbond substituents is 2. The van der Waals surface area contributed by atoms with E-state index in [-0.39, 0.29) is 55.0 Å². The summed E-state index contributed by atoms with van der Waals surface area (Å²) in [6.45, 7) is 64.5. The van der Waals surface area contributed by atoms with Crippen molar-refractivity contribution in [1.29, 1.82) is 0 Å². The number of aromatic hydroxyl groups is 2. The topological polar surface area (TPSA) is 225 Å². The molecule has 120 heavy (non-hydrogen) atoms. The van der Waals surface area contributed by atoms with Crippen LogP contribution in [0.5, 0.6) is 69.0 Å². The molecule has 6 aromatic rings. The molecule has 0 spiro atoms. The van der Waals surface area contributed by atoms with Crippen LogP contribution in [0, 0.1) is 0 Å². The maximum atomic E-state index is 10.4. The average Bonchev–Trinajstić information content (AvgIpc) is 0.830. The van der Waals surface area contributed by atoms with E-state index in [1.165, 1.54) is 11.1 Å². The van der Waals surface area contributed by atoms with Crippen LogP contribution in [0.2, 0.25) is 0 Å². The molecule has 16 unspecified atom stereocenters. The Hall–Kier alpha value is -7.48. The second-order valence-electron chi connectivity index (χ2n) is 29.0. The summed E-state index contributed by atoms with van der Waals surface area (Å²) in [4.78, 5) is 0. The van der Waals surface area contributed by atoms with Gasteiger partial charge in [-0.2, -0.15) is 0 Å². The summed E-state index contributed by atoms with van der Waals surface area (Å²) in [6.07, 6.45) is 2.82. The molecule has 6 aromatic carbocycles. The Labute approximate surface area is 724 Å². The van der Waals surface area contributed by atoms with Gasteiger partial charge >= 0.3 is 0 Å². The van der Waals surface area contributed by atoms with Crippen LogP contribution in [-0.2, 0) is 47.4 Å². The number of methoxy groups -OCH3 is 2. The molecule has 0 aliphatic carbocycles. The number of hydrogen-bond donors (Lipinski definition) is 2. The summed E-state index contributed by atoms with van der Waals surface area (Å²) in [7, 11) is 3.28. The van der Waals surface area contributed by atoms with Gasteiger partial charge in [-0.1, -0.05) is 132 Å². The summed E-state index contributed by atoms with van der Waals surface area (Å²) in [5, 5.41) is 20.8. The lowest BCUT2D eigenvalue weighted by molar-refractivity contribution is -0.0774. The first-order valence-corrected chi connectivity index (χ1v) is 44.1. The molecule has 0 aromatic heterocycles. The van der Waals surface area contributed by atoms with Crippen LogP contribution in [0.3, 0.4) is 0 Å². The summed E-state index contributed by atoms with van der Waals surface area (Å²) in [6, 6.07) is 35.6. The smallest absolute Gasteiger partial charge is 0.206 e. The van der Waals surface area contributed by atoms with E-state index in [2.05, 4.69) is 107 Å². The highest BCUT2D eigenvalue weighted by molar-refractivity contribution is 5.55. The maximum Gasteiger partial charge on any atom is 0.206 e. The lowest BCUT2D eigenvalue weighted by Gasteiger charge is -2.24. The molecular formula is C98H160O22. The maximum absolute atomic E-state index is 10.4. The minimum absolute atomic E-state index is 0.0323. The number of hydrogen-bond acceptors (Lipinski definition) is 22. The van der Waals surface area contributed by atoms with E-state index in [0.29, 0.717) is 111 Å². The van der Waals surface area contributed by atoms with Gasteiger partial charge in [0, 0.05) is 78.2 Å². The molecule has 0 aliphatic rings. The minimum Gasteiger partial charge on any atom is -0.504 e. The summed E-state index contributed by atoms with van der Waals surface area (Å²) in [5.41, 5.74) is 6.82.